The van der Waals surface area contributed by atoms with E-state index in [-0.39, 0.29) is 6.03 Å². The fraction of sp³-hybridized carbons (Fsp3) is 0. The standard InChI is InChI=1S/C13H10Br2ClN3O/c14-10-5-8(17)6-11(15)12(10)19-13(20)18-9-3-1-2-7(16)4-9/h1-6H,17H2,(H2,18,19,20). The third-order valence-corrected chi connectivity index (χ3v) is 3.87. The third kappa shape index (κ3) is 3.88. The van der Waals surface area contributed by atoms with Crippen LogP contribution in [0.1, 0.15) is 0 Å². The Morgan fingerprint density at radius 3 is 2.35 bits per heavy atom. The minimum atomic E-state index is -0.376. The summed E-state index contributed by atoms with van der Waals surface area (Å²) in [6, 6.07) is 9.94. The Kier molecular flexibility index (Phi) is 4.91. The number of nitrogens with one attached hydrogen (secondary N) is 2. The predicted octanol–water partition coefficient (Wildman–Crippen LogP) is 5.09. The monoisotopic (exact) mass is 417 g/mol. The third-order valence-electron chi connectivity index (χ3n) is 2.39. The lowest BCUT2D eigenvalue weighted by molar-refractivity contribution is 0.262. The summed E-state index contributed by atoms with van der Waals surface area (Å²) in [5.74, 6) is 0. The number of nitrogen functional groups attached to an aromatic ring is 1. The Labute approximate surface area is 137 Å². The number of carbonyl (C=O) groups excluding carboxylic acids is 1. The lowest BCUT2D eigenvalue weighted by Crippen LogP contribution is -2.20. The van der Waals surface area contributed by atoms with Gasteiger partial charge in [-0.3, -0.25) is 0 Å². The number of halogens is 3. The van der Waals surface area contributed by atoms with E-state index < -0.39 is 0 Å². The molecule has 0 aliphatic carbocycles. The molecule has 0 spiro atoms. The Bertz CT molecular complexity index is 641. The number of nitrogens with two attached hydrogens (primary N) is 1. The molecule has 0 atom stereocenters. The van der Waals surface area contributed by atoms with Gasteiger partial charge in [-0.15, -0.1) is 0 Å². The molecule has 0 aliphatic rings. The minimum absolute atomic E-state index is 0.376. The van der Waals surface area contributed by atoms with Crippen LogP contribution in [0.2, 0.25) is 5.02 Å². The van der Waals surface area contributed by atoms with E-state index in [1.54, 1.807) is 36.4 Å². The Morgan fingerprint density at radius 1 is 1.10 bits per heavy atom. The number of rotatable bonds is 2. The van der Waals surface area contributed by atoms with Gasteiger partial charge >= 0.3 is 6.03 Å². The molecule has 0 saturated carbocycles. The summed E-state index contributed by atoms with van der Waals surface area (Å²) < 4.78 is 1.37. The van der Waals surface area contributed by atoms with Gasteiger partial charge in [-0.05, 0) is 62.2 Å². The molecule has 0 aromatic heterocycles. The number of urea groups is 1. The van der Waals surface area contributed by atoms with Crippen molar-refractivity contribution in [2.75, 3.05) is 16.4 Å². The van der Waals surface area contributed by atoms with Crippen molar-refractivity contribution in [2.45, 2.75) is 0 Å². The van der Waals surface area contributed by atoms with Gasteiger partial charge in [0.2, 0.25) is 0 Å². The summed E-state index contributed by atoms with van der Waals surface area (Å²) in [7, 11) is 0. The highest BCUT2D eigenvalue weighted by atomic mass is 79.9. The zero-order chi connectivity index (χ0) is 14.7. The normalized spacial score (nSPS) is 10.2. The van der Waals surface area contributed by atoms with Gasteiger partial charge in [0.05, 0.1) is 5.69 Å². The lowest BCUT2D eigenvalue weighted by Gasteiger charge is -2.12. The second-order valence-corrected chi connectivity index (χ2v) is 6.09. The van der Waals surface area contributed by atoms with Crippen molar-refractivity contribution in [3.05, 3.63) is 50.4 Å². The predicted molar refractivity (Wildman–Crippen MR) is 90.3 cm³/mol. The zero-order valence-electron chi connectivity index (χ0n) is 10.1. The van der Waals surface area contributed by atoms with E-state index in [9.17, 15) is 4.79 Å². The Hall–Kier alpha value is -1.24. The molecule has 2 aromatic rings. The minimum Gasteiger partial charge on any atom is -0.399 e. The molecule has 2 aromatic carbocycles. The van der Waals surface area contributed by atoms with Crippen LogP contribution in [-0.2, 0) is 0 Å². The van der Waals surface area contributed by atoms with Crippen molar-refractivity contribution in [3.8, 4) is 0 Å². The molecule has 104 valence electrons. The first-order valence-electron chi connectivity index (χ1n) is 5.54. The van der Waals surface area contributed by atoms with Crippen LogP contribution >= 0.6 is 43.5 Å². The highest BCUT2D eigenvalue weighted by Crippen LogP contribution is 2.33. The summed E-state index contributed by atoms with van der Waals surface area (Å²) in [5.41, 5.74) is 7.49. The van der Waals surface area contributed by atoms with Crippen LogP contribution in [0.4, 0.5) is 21.9 Å². The first-order valence-corrected chi connectivity index (χ1v) is 7.50. The number of hydrogen-bond acceptors (Lipinski definition) is 2. The van der Waals surface area contributed by atoms with Crippen molar-refractivity contribution in [1.82, 2.24) is 0 Å². The molecule has 0 unspecified atom stereocenters. The summed E-state index contributed by atoms with van der Waals surface area (Å²) >= 11 is 12.6. The average molecular weight is 420 g/mol. The van der Waals surface area contributed by atoms with E-state index in [4.69, 9.17) is 17.3 Å². The Balaban J connectivity index is 2.13. The van der Waals surface area contributed by atoms with Gasteiger partial charge in [0.15, 0.2) is 0 Å². The topological polar surface area (TPSA) is 67.1 Å². The van der Waals surface area contributed by atoms with E-state index in [1.807, 2.05) is 0 Å². The number of benzene rings is 2. The molecule has 0 saturated heterocycles. The quantitative estimate of drug-likeness (QED) is 0.594. The molecule has 2 rings (SSSR count). The van der Waals surface area contributed by atoms with Gasteiger partial charge in [-0.2, -0.15) is 0 Å². The molecule has 4 nitrogen and oxygen atoms in total. The summed E-state index contributed by atoms with van der Waals surface area (Å²) in [4.78, 5) is 11.9. The molecule has 7 heteroatoms. The second-order valence-electron chi connectivity index (χ2n) is 3.95. The largest absolute Gasteiger partial charge is 0.399 e. The first kappa shape index (κ1) is 15.2. The SMILES string of the molecule is Nc1cc(Br)c(NC(=O)Nc2cccc(Cl)c2)c(Br)c1. The summed E-state index contributed by atoms with van der Waals surface area (Å²) in [5, 5.41) is 5.98. The van der Waals surface area contributed by atoms with Crippen LogP contribution in [-0.4, -0.2) is 6.03 Å². The molecule has 0 bridgehead atoms. The van der Waals surface area contributed by atoms with Gasteiger partial charge in [0.1, 0.15) is 0 Å². The van der Waals surface area contributed by atoms with E-state index in [2.05, 4.69) is 42.5 Å². The van der Waals surface area contributed by atoms with Crippen LogP contribution < -0.4 is 16.4 Å². The lowest BCUT2D eigenvalue weighted by atomic mass is 10.3. The number of carbonyl (C=O) groups is 1. The van der Waals surface area contributed by atoms with Gasteiger partial charge in [0, 0.05) is 25.3 Å². The number of amides is 2. The summed E-state index contributed by atoms with van der Waals surface area (Å²) in [6.45, 7) is 0. The van der Waals surface area contributed by atoms with Gasteiger partial charge in [0.25, 0.3) is 0 Å². The molecule has 2 amide bonds. The van der Waals surface area contributed by atoms with Gasteiger partial charge in [-0.1, -0.05) is 17.7 Å². The van der Waals surface area contributed by atoms with Crippen LogP contribution in [0.15, 0.2) is 45.3 Å². The van der Waals surface area contributed by atoms with E-state index in [0.717, 1.165) is 0 Å². The number of hydrogen-bond donors (Lipinski definition) is 3. The fourth-order valence-electron chi connectivity index (χ4n) is 1.55. The van der Waals surface area contributed by atoms with Crippen LogP contribution in [0, 0.1) is 0 Å². The highest BCUT2D eigenvalue weighted by molar-refractivity contribution is 9.11. The second kappa shape index (κ2) is 6.47. The van der Waals surface area contributed by atoms with Crippen LogP contribution in [0.5, 0.6) is 0 Å². The molecule has 4 N–H and O–H groups in total. The first-order chi connectivity index (χ1) is 9.45. The number of anilines is 3. The van der Waals surface area contributed by atoms with Gasteiger partial charge in [-0.25, -0.2) is 4.79 Å². The van der Waals surface area contributed by atoms with Crippen molar-refractivity contribution >= 4 is 66.6 Å². The average Bonchev–Trinajstić information content (AvgIpc) is 2.33. The van der Waals surface area contributed by atoms with Gasteiger partial charge < -0.3 is 16.4 Å². The van der Waals surface area contributed by atoms with Crippen molar-refractivity contribution < 1.29 is 4.79 Å². The van der Waals surface area contributed by atoms with Crippen molar-refractivity contribution in [2.24, 2.45) is 0 Å². The maximum absolute atomic E-state index is 11.9. The van der Waals surface area contributed by atoms with E-state index >= 15 is 0 Å². The molecular weight excluding hydrogens is 409 g/mol. The van der Waals surface area contributed by atoms with E-state index in [1.165, 1.54) is 0 Å². The molecule has 0 radical (unpaired) electrons. The van der Waals surface area contributed by atoms with E-state index in [0.29, 0.717) is 31.0 Å². The maximum Gasteiger partial charge on any atom is 0.323 e. The zero-order valence-corrected chi connectivity index (χ0v) is 14.0. The van der Waals surface area contributed by atoms with Crippen LogP contribution in [0.25, 0.3) is 0 Å². The smallest absolute Gasteiger partial charge is 0.323 e. The molecule has 0 heterocycles. The summed E-state index contributed by atoms with van der Waals surface area (Å²) in [6.07, 6.45) is 0. The molecule has 0 aliphatic heterocycles. The Morgan fingerprint density at radius 2 is 1.75 bits per heavy atom. The van der Waals surface area contributed by atoms with Crippen molar-refractivity contribution in [3.63, 3.8) is 0 Å². The molecular formula is C13H10Br2ClN3O. The van der Waals surface area contributed by atoms with Crippen LogP contribution in [0.3, 0.4) is 0 Å². The highest BCUT2D eigenvalue weighted by Gasteiger charge is 2.10. The molecule has 20 heavy (non-hydrogen) atoms. The fourth-order valence-corrected chi connectivity index (χ4v) is 3.16. The van der Waals surface area contributed by atoms with Crippen molar-refractivity contribution in [1.29, 1.82) is 0 Å². The molecule has 0 fully saturated rings. The maximum atomic E-state index is 11.9.